The molecule has 4 aliphatic rings. The van der Waals surface area contributed by atoms with Crippen molar-refractivity contribution in [3.05, 3.63) is 135 Å². The molecule has 404 valence electrons. The average Bonchev–Trinajstić information content (AvgIpc) is 4.10. The van der Waals surface area contributed by atoms with Crippen LogP contribution in [0.15, 0.2) is 112 Å². The molecular weight excluding hydrogens is 1030 g/mol. The fourth-order valence-electron chi connectivity index (χ4n) is 10.2. The number of hydrogen-bond acceptors (Lipinski definition) is 15. The molecule has 3 aromatic carbocycles. The number of aromatic nitrogens is 1. The first kappa shape index (κ1) is 56.5. The minimum atomic E-state index is -4.84. The molecule has 0 radical (unpaired) electrons. The number of thiazole rings is 1. The van der Waals surface area contributed by atoms with E-state index >= 15 is 0 Å². The van der Waals surface area contributed by atoms with E-state index in [1.54, 1.807) is 54.9 Å². The fraction of sp³-hybridized carbons (Fsp3) is 0.424. The molecule has 2 heterocycles. The van der Waals surface area contributed by atoms with Gasteiger partial charge in [-0.3, -0.25) is 20.2 Å². The lowest BCUT2D eigenvalue weighted by atomic mass is 9.70. The second-order valence-corrected chi connectivity index (χ2v) is 21.7. The molecule has 77 heavy (non-hydrogen) atoms. The minimum Gasteiger partial charge on any atom is -0.462 e. The number of aliphatic imine (C=N–C) groups is 2. The predicted octanol–water partition coefficient (Wildman–Crippen LogP) is 11.3. The van der Waals surface area contributed by atoms with Gasteiger partial charge in [0, 0.05) is 12.6 Å². The van der Waals surface area contributed by atoms with Crippen molar-refractivity contribution in [1.82, 2.24) is 4.98 Å². The number of halogens is 3. The predicted molar refractivity (Wildman–Crippen MR) is 296 cm³/mol. The van der Waals surface area contributed by atoms with Crippen LogP contribution in [-0.4, -0.2) is 83.8 Å². The molecule has 8 rings (SSSR count). The van der Waals surface area contributed by atoms with E-state index in [1.165, 1.54) is 28.7 Å². The smallest absolute Gasteiger partial charge is 0.422 e. The molecule has 4 aromatic rings. The van der Waals surface area contributed by atoms with Crippen LogP contribution in [0.5, 0.6) is 0 Å². The highest BCUT2D eigenvalue weighted by Crippen LogP contribution is 2.43. The van der Waals surface area contributed by atoms with E-state index in [-0.39, 0.29) is 37.8 Å². The summed E-state index contributed by atoms with van der Waals surface area (Å²) in [5.74, 6) is -1.26. The standard InChI is InChI=1S/C59H63F3N6O7S2/c1-4-7-38-10-12-41(13-11-38)36-65-68-58-67-51-52(75-57(71)45-22-20-42(21-23-45)43-24-28-47(29-25-43)72-33-34-74-55(69)37(3)59(60,61)62)54-50(66-49(76-54)9-6-31-64-46-26-16-40(35-63)17-27-46)48(53(51)77-58)30-32-73-56(70)44-18-14-39(8-5-2)15-19-44/h6,9-19,26-27,31,36,42-43,45,47,50,54H,3-5,7-8,20-25,28-30,32-34H2,1-2H3,(H,67,68)/b9-6+,64-31?,65-36-. The number of fused-ring (bicyclic) bond motifs is 2. The number of rotatable bonds is 22. The normalized spacial score (nSPS) is 21.4. The van der Waals surface area contributed by atoms with Crippen molar-refractivity contribution in [3.63, 3.8) is 0 Å². The molecule has 13 nitrogen and oxygen atoms in total. The van der Waals surface area contributed by atoms with Crippen LogP contribution >= 0.6 is 23.1 Å². The highest BCUT2D eigenvalue weighted by atomic mass is 32.2. The van der Waals surface area contributed by atoms with Gasteiger partial charge in [0.25, 0.3) is 0 Å². The van der Waals surface area contributed by atoms with Gasteiger partial charge in [0.05, 0.1) is 75.2 Å². The van der Waals surface area contributed by atoms with Crippen LogP contribution in [0.3, 0.4) is 0 Å². The van der Waals surface area contributed by atoms with Gasteiger partial charge in [-0.1, -0.05) is 92.8 Å². The molecular formula is C59H63F3N6O7S2. The number of hydrogen-bond donors (Lipinski definition) is 1. The number of ether oxygens (including phenoxy) is 4. The molecule has 1 aliphatic heterocycles. The number of allylic oxidation sites excluding steroid dienone is 1. The van der Waals surface area contributed by atoms with Crippen LogP contribution in [0.2, 0.25) is 0 Å². The molecule has 1 N–H and O–H groups in total. The quantitative estimate of drug-likeness (QED) is 0.0198. The van der Waals surface area contributed by atoms with E-state index in [9.17, 15) is 32.8 Å². The van der Waals surface area contributed by atoms with E-state index < -0.39 is 35.0 Å². The van der Waals surface area contributed by atoms with Gasteiger partial charge in [0.1, 0.15) is 17.5 Å². The zero-order valence-corrected chi connectivity index (χ0v) is 44.9. The summed E-state index contributed by atoms with van der Waals surface area (Å²) in [6.07, 6.45) is 13.0. The first-order valence-electron chi connectivity index (χ1n) is 26.4. The average molecular weight is 1090 g/mol. The number of carbonyl (C=O) groups excluding carboxylic acids is 3. The lowest BCUT2D eigenvalue weighted by molar-refractivity contribution is -0.153. The summed E-state index contributed by atoms with van der Waals surface area (Å²) in [6, 6.07) is 24.3. The van der Waals surface area contributed by atoms with E-state index in [0.717, 1.165) is 85.4 Å². The number of nitrogens with zero attached hydrogens (tertiary/aromatic N) is 5. The third-order valence-corrected chi connectivity index (χ3v) is 16.5. The largest absolute Gasteiger partial charge is 0.462 e. The summed E-state index contributed by atoms with van der Waals surface area (Å²) in [7, 11) is 0. The first-order chi connectivity index (χ1) is 37.3. The minimum absolute atomic E-state index is 0.00421. The number of anilines is 1. The van der Waals surface area contributed by atoms with Crippen molar-refractivity contribution in [3.8, 4) is 6.07 Å². The van der Waals surface area contributed by atoms with Crippen molar-refractivity contribution in [2.45, 2.75) is 121 Å². The van der Waals surface area contributed by atoms with Crippen molar-refractivity contribution >= 4 is 80.6 Å². The fourth-order valence-corrected chi connectivity index (χ4v) is 12.4. The Morgan fingerprint density at radius 2 is 1.51 bits per heavy atom. The molecule has 2 saturated carbocycles. The Balaban J connectivity index is 0.992. The Kier molecular flexibility index (Phi) is 19.9. The third-order valence-electron chi connectivity index (χ3n) is 14.3. The van der Waals surface area contributed by atoms with Crippen molar-refractivity contribution in [1.29, 1.82) is 5.26 Å². The number of hydrazone groups is 1. The summed E-state index contributed by atoms with van der Waals surface area (Å²) in [5.41, 5.74) is 7.51. The van der Waals surface area contributed by atoms with Crippen LogP contribution in [-0.2, 0) is 41.4 Å². The van der Waals surface area contributed by atoms with E-state index in [0.29, 0.717) is 69.2 Å². The Hall–Kier alpha value is -6.68. The summed E-state index contributed by atoms with van der Waals surface area (Å²) in [5, 5.41) is 15.0. The summed E-state index contributed by atoms with van der Waals surface area (Å²) in [4.78, 5) is 54.3. The zero-order chi connectivity index (χ0) is 54.3. The van der Waals surface area contributed by atoms with Crippen LogP contribution in [0.1, 0.15) is 117 Å². The molecule has 18 heteroatoms. The van der Waals surface area contributed by atoms with Gasteiger partial charge in [0.2, 0.25) is 5.13 Å². The highest BCUT2D eigenvalue weighted by Gasteiger charge is 2.43. The van der Waals surface area contributed by atoms with Crippen molar-refractivity contribution < 1.29 is 46.5 Å². The van der Waals surface area contributed by atoms with E-state index in [1.807, 2.05) is 30.3 Å². The van der Waals surface area contributed by atoms with Gasteiger partial charge in [-0.15, -0.1) is 0 Å². The Labute approximate surface area is 455 Å². The lowest BCUT2D eigenvalue weighted by Gasteiger charge is -2.37. The third kappa shape index (κ3) is 15.3. The molecule has 2 unspecified atom stereocenters. The maximum atomic E-state index is 14.5. The number of alkyl halides is 3. The topological polar surface area (TPSA) is 174 Å². The highest BCUT2D eigenvalue weighted by molar-refractivity contribution is 8.15. The van der Waals surface area contributed by atoms with Gasteiger partial charge in [-0.2, -0.15) is 23.5 Å². The Bertz CT molecular complexity index is 3020. The van der Waals surface area contributed by atoms with Crippen LogP contribution in [0.4, 0.5) is 24.0 Å². The van der Waals surface area contributed by atoms with Crippen molar-refractivity contribution in [2.24, 2.45) is 32.8 Å². The van der Waals surface area contributed by atoms with Gasteiger partial charge in [-0.25, -0.2) is 14.6 Å². The number of carbonyl (C=O) groups is 3. The molecule has 0 saturated heterocycles. The molecule has 0 bridgehead atoms. The maximum Gasteiger partial charge on any atom is 0.422 e. The zero-order valence-electron chi connectivity index (χ0n) is 43.3. The van der Waals surface area contributed by atoms with Gasteiger partial charge >= 0.3 is 24.1 Å². The number of benzene rings is 3. The summed E-state index contributed by atoms with van der Waals surface area (Å²) < 4.78 is 62.1. The molecule has 3 aliphatic carbocycles. The maximum absolute atomic E-state index is 14.5. The number of esters is 3. The number of nitriles is 1. The van der Waals surface area contributed by atoms with Gasteiger partial charge < -0.3 is 18.9 Å². The second-order valence-electron chi connectivity index (χ2n) is 19.6. The van der Waals surface area contributed by atoms with E-state index in [4.69, 9.17) is 28.9 Å². The first-order valence-corrected chi connectivity index (χ1v) is 28.1. The van der Waals surface area contributed by atoms with Crippen LogP contribution in [0, 0.1) is 29.1 Å². The number of nitrogens with one attached hydrogen (secondary N) is 1. The molecule has 2 fully saturated rings. The second kappa shape index (κ2) is 27.1. The lowest BCUT2D eigenvalue weighted by Crippen LogP contribution is -2.43. The Morgan fingerprint density at radius 1 is 0.844 bits per heavy atom. The molecule has 0 amide bonds. The van der Waals surface area contributed by atoms with Gasteiger partial charge in [-0.05, 0) is 147 Å². The number of thioether (sulfide) groups is 1. The SMILES string of the molecule is C=C(C(=O)OCCOC1CCC(C2CCC(C(=O)OC3=c4nc(N/N=C\c5ccc(CCC)cc5)sc4=C(CCOC(=O)c4ccc(CCC)cc4)C4N=C(/C=C/C=Nc5ccc(C#N)cc5)SC34)CC2)CC1)C(F)(F)F. The molecule has 1 aromatic heterocycles. The monoisotopic (exact) mass is 1090 g/mol. The van der Waals surface area contributed by atoms with Crippen molar-refractivity contribution in [2.75, 3.05) is 25.2 Å². The number of aryl methyl sites for hydroxylation is 2. The Morgan fingerprint density at radius 3 is 2.16 bits per heavy atom. The van der Waals surface area contributed by atoms with E-state index in [2.05, 4.69) is 54.1 Å². The molecule has 0 spiro atoms. The molecule has 2 atom stereocenters. The van der Waals surface area contributed by atoms with Gasteiger partial charge in [0.15, 0.2) is 5.76 Å². The van der Waals surface area contributed by atoms with Crippen LogP contribution < -0.4 is 15.3 Å². The summed E-state index contributed by atoms with van der Waals surface area (Å²) >= 11 is 2.85. The van der Waals surface area contributed by atoms with Crippen LogP contribution in [0.25, 0.3) is 11.3 Å². The summed E-state index contributed by atoms with van der Waals surface area (Å²) in [6.45, 7) is 6.84.